The first-order valence-electron chi connectivity index (χ1n) is 37.3. The Labute approximate surface area is 544 Å². The molecular formula is C71H137NO18. The van der Waals surface area contributed by atoms with E-state index >= 15 is 0 Å². The lowest BCUT2D eigenvalue weighted by atomic mass is 9.96. The van der Waals surface area contributed by atoms with Crippen LogP contribution in [0.4, 0.5) is 0 Å². The molecule has 3 aliphatic rings. The molecule has 0 aliphatic carbocycles. The molecule has 12 N–H and O–H groups in total. The molecule has 90 heavy (non-hydrogen) atoms. The van der Waals surface area contributed by atoms with Crippen molar-refractivity contribution in [3.05, 3.63) is 0 Å². The summed E-state index contributed by atoms with van der Waals surface area (Å²) in [6.45, 7) is 1.85. The van der Waals surface area contributed by atoms with Gasteiger partial charge in [-0.05, 0) is 12.8 Å². The summed E-state index contributed by atoms with van der Waals surface area (Å²) in [6, 6.07) is -0.882. The highest BCUT2D eigenvalue weighted by atomic mass is 16.8. The molecule has 3 rings (SSSR count). The van der Waals surface area contributed by atoms with E-state index in [1.54, 1.807) is 0 Å². The van der Waals surface area contributed by atoms with Crippen LogP contribution in [0.3, 0.4) is 0 Å². The fourth-order valence-electron chi connectivity index (χ4n) is 13.1. The van der Waals surface area contributed by atoms with Crippen molar-refractivity contribution in [3.63, 3.8) is 0 Å². The number of hydrogen-bond donors (Lipinski definition) is 12. The minimum atomic E-state index is -1.97. The van der Waals surface area contributed by atoms with Crippen LogP contribution in [0.1, 0.15) is 316 Å². The van der Waals surface area contributed by atoms with Gasteiger partial charge in [-0.25, -0.2) is 0 Å². The van der Waals surface area contributed by atoms with E-state index in [1.165, 1.54) is 238 Å². The summed E-state index contributed by atoms with van der Waals surface area (Å²) in [7, 11) is 0. The van der Waals surface area contributed by atoms with Gasteiger partial charge >= 0.3 is 0 Å². The summed E-state index contributed by atoms with van der Waals surface area (Å²) in [6.07, 6.45) is 31.9. The number of carbonyl (C=O) groups is 1. The topological polar surface area (TPSA) is 307 Å². The molecule has 19 heteroatoms. The highest BCUT2D eigenvalue weighted by Crippen LogP contribution is 2.33. The lowest BCUT2D eigenvalue weighted by Crippen LogP contribution is -2.66. The van der Waals surface area contributed by atoms with Crippen LogP contribution in [0.5, 0.6) is 0 Å². The van der Waals surface area contributed by atoms with Crippen molar-refractivity contribution >= 4 is 5.91 Å². The van der Waals surface area contributed by atoms with Gasteiger partial charge in [0.2, 0.25) is 5.91 Å². The number of ether oxygens (including phenoxy) is 6. The molecule has 0 radical (unpaired) electrons. The smallest absolute Gasteiger partial charge is 0.220 e. The first kappa shape index (κ1) is 83.0. The molecule has 534 valence electrons. The van der Waals surface area contributed by atoms with Crippen molar-refractivity contribution in [2.24, 2.45) is 0 Å². The van der Waals surface area contributed by atoms with Crippen LogP contribution in [0.2, 0.25) is 0 Å². The van der Waals surface area contributed by atoms with Gasteiger partial charge in [-0.2, -0.15) is 0 Å². The zero-order valence-electron chi connectivity index (χ0n) is 56.7. The first-order valence-corrected chi connectivity index (χ1v) is 37.3. The monoisotopic (exact) mass is 1290 g/mol. The number of aliphatic hydroxyl groups excluding tert-OH is 11. The molecule has 0 bridgehead atoms. The van der Waals surface area contributed by atoms with Crippen molar-refractivity contribution in [3.8, 4) is 0 Å². The Morgan fingerprint density at radius 2 is 0.633 bits per heavy atom. The van der Waals surface area contributed by atoms with Gasteiger partial charge in [0.1, 0.15) is 73.2 Å². The molecule has 19 nitrogen and oxygen atoms in total. The molecule has 0 aromatic heterocycles. The number of aliphatic hydroxyl groups is 11. The third-order valence-electron chi connectivity index (χ3n) is 19.2. The van der Waals surface area contributed by atoms with E-state index in [1.807, 2.05) is 0 Å². The molecule has 0 spiro atoms. The van der Waals surface area contributed by atoms with Crippen molar-refractivity contribution in [1.29, 1.82) is 0 Å². The zero-order valence-corrected chi connectivity index (χ0v) is 56.7. The third-order valence-corrected chi connectivity index (χ3v) is 19.2. The number of unbranched alkanes of at least 4 members (excludes halogenated alkanes) is 43. The van der Waals surface area contributed by atoms with E-state index in [2.05, 4.69) is 19.2 Å². The fraction of sp³-hybridized carbons (Fsp3) is 0.986. The number of rotatable bonds is 59. The van der Waals surface area contributed by atoms with Gasteiger partial charge in [0.25, 0.3) is 0 Å². The molecule has 0 aromatic carbocycles. The van der Waals surface area contributed by atoms with E-state index in [0.717, 1.165) is 44.9 Å². The lowest BCUT2D eigenvalue weighted by molar-refractivity contribution is -0.379. The predicted octanol–water partition coefficient (Wildman–Crippen LogP) is 10.7. The van der Waals surface area contributed by atoms with Gasteiger partial charge in [0, 0.05) is 6.42 Å². The second-order valence-electron chi connectivity index (χ2n) is 27.1. The van der Waals surface area contributed by atoms with Crippen molar-refractivity contribution in [2.75, 3.05) is 26.4 Å². The highest BCUT2D eigenvalue weighted by molar-refractivity contribution is 5.76. The summed E-state index contributed by atoms with van der Waals surface area (Å²) < 4.78 is 34.5. The van der Waals surface area contributed by atoms with E-state index in [4.69, 9.17) is 28.4 Å². The maximum atomic E-state index is 13.4. The van der Waals surface area contributed by atoms with Crippen LogP contribution < -0.4 is 5.32 Å². The quantitative estimate of drug-likeness (QED) is 0.0252. The average molecular weight is 1290 g/mol. The summed E-state index contributed by atoms with van der Waals surface area (Å²) in [5.41, 5.74) is 0. The molecule has 3 fully saturated rings. The summed E-state index contributed by atoms with van der Waals surface area (Å²) in [5.74, 6) is -0.235. The van der Waals surface area contributed by atoms with Crippen molar-refractivity contribution in [1.82, 2.24) is 5.32 Å². The molecule has 0 saturated carbocycles. The second kappa shape index (κ2) is 53.9. The second-order valence-corrected chi connectivity index (χ2v) is 27.1. The number of amides is 1. The van der Waals surface area contributed by atoms with Crippen LogP contribution in [0, 0.1) is 0 Å². The van der Waals surface area contributed by atoms with Gasteiger partial charge in [-0.15, -0.1) is 0 Å². The Morgan fingerprint density at radius 3 is 0.967 bits per heavy atom. The maximum absolute atomic E-state index is 13.4. The standard InChI is InChI=1S/C71H137NO18/c1-3-5-7-9-11-13-15-17-19-21-22-23-24-25-26-27-28-29-30-31-32-33-35-37-39-41-43-45-47-49-59(77)72-54(55(76)48-46-44-42-40-38-36-34-20-18-16-14-12-10-8-6-4-2)53-85-69-65(83)62(80)67(57(51-74)87-69)90-71-66(84)63(81)68(58(52-75)88-71)89-70-64(82)61(79)60(78)56(50-73)86-70/h54-58,60-71,73-76,78-84H,3-53H2,1-2H3,(H,72,77). The normalized spacial score (nSPS) is 27.9. The predicted molar refractivity (Wildman–Crippen MR) is 351 cm³/mol. The largest absolute Gasteiger partial charge is 0.394 e. The molecule has 3 saturated heterocycles. The average Bonchev–Trinajstić information content (AvgIpc) is 1.05. The van der Waals surface area contributed by atoms with E-state index < -0.39 is 124 Å². The molecule has 1 amide bonds. The zero-order chi connectivity index (χ0) is 65.4. The Kier molecular flexibility index (Phi) is 49.7. The van der Waals surface area contributed by atoms with Crippen molar-refractivity contribution < 1.29 is 89.4 Å². The first-order chi connectivity index (χ1) is 43.8. The Bertz CT molecular complexity index is 1640. The Morgan fingerprint density at radius 1 is 0.356 bits per heavy atom. The minimum absolute atomic E-state index is 0.235. The molecular weight excluding hydrogens is 1150 g/mol. The van der Waals surface area contributed by atoms with Crippen LogP contribution >= 0.6 is 0 Å². The number of hydrogen-bond acceptors (Lipinski definition) is 18. The van der Waals surface area contributed by atoms with Crippen LogP contribution in [-0.4, -0.2) is 193 Å². The maximum Gasteiger partial charge on any atom is 0.220 e. The number of nitrogens with one attached hydrogen (secondary N) is 1. The van der Waals surface area contributed by atoms with Gasteiger partial charge < -0.3 is 89.9 Å². The highest BCUT2D eigenvalue weighted by Gasteiger charge is 2.53. The SMILES string of the molecule is CCCCCCCCCCCCCCCCCCCCCCCCCCCCCCCC(=O)NC(COC1OC(CO)C(OC2OC(CO)C(OC3OC(CO)C(O)C(O)C3O)C(O)C2O)C(O)C1O)C(O)CCCCCCCCCCCCCCCCCC. The Balaban J connectivity index is 1.37. The van der Waals surface area contributed by atoms with Crippen LogP contribution in [0.25, 0.3) is 0 Å². The summed E-state index contributed by atoms with van der Waals surface area (Å²) in [4.78, 5) is 13.4. The van der Waals surface area contributed by atoms with Crippen LogP contribution in [-0.2, 0) is 33.2 Å². The molecule has 3 aliphatic heterocycles. The molecule has 0 aromatic rings. The fourth-order valence-corrected chi connectivity index (χ4v) is 13.1. The Hall–Kier alpha value is -1.21. The summed E-state index contributed by atoms with van der Waals surface area (Å²) in [5, 5.41) is 121. The lowest BCUT2D eigenvalue weighted by Gasteiger charge is -2.48. The third kappa shape index (κ3) is 35.2. The van der Waals surface area contributed by atoms with E-state index in [-0.39, 0.29) is 18.9 Å². The molecule has 17 atom stereocenters. The van der Waals surface area contributed by atoms with Gasteiger partial charge in [-0.3, -0.25) is 4.79 Å². The minimum Gasteiger partial charge on any atom is -0.394 e. The van der Waals surface area contributed by atoms with Gasteiger partial charge in [0.05, 0.1) is 38.6 Å². The summed E-state index contributed by atoms with van der Waals surface area (Å²) >= 11 is 0. The van der Waals surface area contributed by atoms with E-state index in [9.17, 15) is 61.0 Å². The van der Waals surface area contributed by atoms with E-state index in [0.29, 0.717) is 12.8 Å². The molecule has 17 unspecified atom stereocenters. The van der Waals surface area contributed by atoms with Gasteiger partial charge in [-0.1, -0.05) is 296 Å². The van der Waals surface area contributed by atoms with Crippen molar-refractivity contribution in [2.45, 2.75) is 420 Å². The van der Waals surface area contributed by atoms with Gasteiger partial charge in [0.15, 0.2) is 18.9 Å². The van der Waals surface area contributed by atoms with Crippen LogP contribution in [0.15, 0.2) is 0 Å². The molecule has 3 heterocycles. The number of carbonyl (C=O) groups excluding carboxylic acids is 1.